The predicted molar refractivity (Wildman–Crippen MR) is 74.3 cm³/mol. The number of nitrogens with one attached hydrogen (secondary N) is 2. The summed E-state index contributed by atoms with van der Waals surface area (Å²) in [6, 6.07) is 6.31. The molecular weight excluding hydrogens is 244 g/mol. The molecule has 0 radical (unpaired) electrons. The number of esters is 1. The molecule has 5 nitrogen and oxygen atoms in total. The van der Waals surface area contributed by atoms with Gasteiger partial charge in [-0.3, -0.25) is 0 Å². The van der Waals surface area contributed by atoms with E-state index in [4.69, 9.17) is 0 Å². The van der Waals surface area contributed by atoms with E-state index < -0.39 is 5.97 Å². The summed E-state index contributed by atoms with van der Waals surface area (Å²) < 4.78 is 4.59. The number of hydrogen-bond acceptors (Lipinski definition) is 3. The standard InChI is InChI=1S/C14H20N2O3/c1-3-4-5-10-15-14(18)16-12-8-6-11(7-9-12)13(17)19-2/h6-9H,3-5,10H2,1-2H3,(H2,15,16,18). The maximum atomic E-state index is 11.5. The van der Waals surface area contributed by atoms with E-state index >= 15 is 0 Å². The third kappa shape index (κ3) is 5.42. The third-order valence-corrected chi connectivity index (χ3v) is 2.63. The number of carbonyl (C=O) groups excluding carboxylic acids is 2. The number of rotatable bonds is 6. The molecule has 2 amide bonds. The number of ether oxygens (including phenoxy) is 1. The Morgan fingerprint density at radius 3 is 2.42 bits per heavy atom. The zero-order valence-electron chi connectivity index (χ0n) is 11.4. The van der Waals surface area contributed by atoms with Crippen LogP contribution in [-0.2, 0) is 4.74 Å². The van der Waals surface area contributed by atoms with Gasteiger partial charge < -0.3 is 15.4 Å². The summed E-state index contributed by atoms with van der Waals surface area (Å²) in [5.74, 6) is -0.393. The quantitative estimate of drug-likeness (QED) is 0.613. The molecule has 0 aliphatic carbocycles. The Morgan fingerprint density at radius 1 is 1.16 bits per heavy atom. The molecule has 0 saturated carbocycles. The van der Waals surface area contributed by atoms with Crippen LogP contribution < -0.4 is 10.6 Å². The van der Waals surface area contributed by atoms with Gasteiger partial charge in [0.15, 0.2) is 0 Å². The van der Waals surface area contributed by atoms with Gasteiger partial charge in [0.2, 0.25) is 0 Å². The fourth-order valence-corrected chi connectivity index (χ4v) is 1.56. The van der Waals surface area contributed by atoms with E-state index in [1.807, 2.05) is 0 Å². The molecule has 1 aromatic carbocycles. The Labute approximate surface area is 113 Å². The molecule has 0 aliphatic rings. The van der Waals surface area contributed by atoms with E-state index in [0.29, 0.717) is 17.8 Å². The summed E-state index contributed by atoms with van der Waals surface area (Å²) in [5.41, 5.74) is 1.09. The molecule has 0 aromatic heterocycles. The molecule has 0 bridgehead atoms. The highest BCUT2D eigenvalue weighted by Crippen LogP contribution is 2.10. The molecule has 104 valence electrons. The lowest BCUT2D eigenvalue weighted by atomic mass is 10.2. The van der Waals surface area contributed by atoms with E-state index in [9.17, 15) is 9.59 Å². The van der Waals surface area contributed by atoms with Crippen molar-refractivity contribution in [2.24, 2.45) is 0 Å². The number of anilines is 1. The minimum absolute atomic E-state index is 0.234. The number of amides is 2. The van der Waals surface area contributed by atoms with Crippen LogP contribution in [0.2, 0.25) is 0 Å². The summed E-state index contributed by atoms with van der Waals surface area (Å²) in [5, 5.41) is 5.47. The number of unbranched alkanes of at least 4 members (excludes halogenated alkanes) is 2. The third-order valence-electron chi connectivity index (χ3n) is 2.63. The highest BCUT2D eigenvalue weighted by atomic mass is 16.5. The average molecular weight is 264 g/mol. The van der Waals surface area contributed by atoms with Crippen LogP contribution in [0.3, 0.4) is 0 Å². The van der Waals surface area contributed by atoms with Gasteiger partial charge in [-0.15, -0.1) is 0 Å². The molecule has 1 aromatic rings. The zero-order chi connectivity index (χ0) is 14.1. The largest absolute Gasteiger partial charge is 0.465 e. The van der Waals surface area contributed by atoms with Crippen molar-refractivity contribution in [2.45, 2.75) is 26.2 Å². The number of benzene rings is 1. The Bertz CT molecular complexity index is 415. The topological polar surface area (TPSA) is 67.4 Å². The molecule has 0 aliphatic heterocycles. The zero-order valence-corrected chi connectivity index (χ0v) is 11.4. The highest BCUT2D eigenvalue weighted by molar-refractivity contribution is 5.92. The van der Waals surface area contributed by atoms with Gasteiger partial charge in [-0.25, -0.2) is 9.59 Å². The highest BCUT2D eigenvalue weighted by Gasteiger charge is 2.05. The van der Waals surface area contributed by atoms with Crippen molar-refractivity contribution in [3.63, 3.8) is 0 Å². The van der Waals surface area contributed by atoms with Crippen LogP contribution in [0.1, 0.15) is 36.5 Å². The molecule has 0 atom stereocenters. The predicted octanol–water partition coefficient (Wildman–Crippen LogP) is 2.78. The lowest BCUT2D eigenvalue weighted by molar-refractivity contribution is 0.0601. The molecule has 0 saturated heterocycles. The van der Waals surface area contributed by atoms with Crippen LogP contribution >= 0.6 is 0 Å². The average Bonchev–Trinajstić information content (AvgIpc) is 2.43. The first-order valence-electron chi connectivity index (χ1n) is 6.40. The molecule has 0 heterocycles. The molecule has 2 N–H and O–H groups in total. The lowest BCUT2D eigenvalue weighted by Gasteiger charge is -2.07. The fraction of sp³-hybridized carbons (Fsp3) is 0.429. The van der Waals surface area contributed by atoms with Crippen LogP contribution in [0.5, 0.6) is 0 Å². The van der Waals surface area contributed by atoms with E-state index in [0.717, 1.165) is 19.3 Å². The Kier molecular flexibility index (Phi) is 6.43. The summed E-state index contributed by atoms with van der Waals surface area (Å²) in [7, 11) is 1.33. The summed E-state index contributed by atoms with van der Waals surface area (Å²) in [6.45, 7) is 2.78. The van der Waals surface area contributed by atoms with Gasteiger partial charge in [-0.1, -0.05) is 19.8 Å². The van der Waals surface area contributed by atoms with Gasteiger partial charge in [0.25, 0.3) is 0 Å². The maximum absolute atomic E-state index is 11.5. The first-order valence-corrected chi connectivity index (χ1v) is 6.40. The van der Waals surface area contributed by atoms with Crippen LogP contribution in [0.25, 0.3) is 0 Å². The summed E-state index contributed by atoms with van der Waals surface area (Å²) >= 11 is 0. The van der Waals surface area contributed by atoms with E-state index in [1.54, 1.807) is 24.3 Å². The summed E-state index contributed by atoms with van der Waals surface area (Å²) in [4.78, 5) is 22.8. The smallest absolute Gasteiger partial charge is 0.337 e. The molecule has 1 rings (SSSR count). The van der Waals surface area contributed by atoms with Crippen molar-refractivity contribution in [1.82, 2.24) is 5.32 Å². The first-order chi connectivity index (χ1) is 9.17. The molecule has 5 heteroatoms. The van der Waals surface area contributed by atoms with Crippen molar-refractivity contribution in [2.75, 3.05) is 19.0 Å². The van der Waals surface area contributed by atoms with E-state index in [-0.39, 0.29) is 6.03 Å². The Balaban J connectivity index is 2.40. The van der Waals surface area contributed by atoms with Gasteiger partial charge >= 0.3 is 12.0 Å². The number of urea groups is 1. The molecular formula is C14H20N2O3. The van der Waals surface area contributed by atoms with Crippen molar-refractivity contribution in [3.05, 3.63) is 29.8 Å². The second kappa shape index (κ2) is 8.13. The number of methoxy groups -OCH3 is 1. The first kappa shape index (κ1) is 15.0. The van der Waals surface area contributed by atoms with Gasteiger partial charge in [0.05, 0.1) is 12.7 Å². The van der Waals surface area contributed by atoms with Crippen molar-refractivity contribution < 1.29 is 14.3 Å². The van der Waals surface area contributed by atoms with Crippen molar-refractivity contribution in [3.8, 4) is 0 Å². The molecule has 0 unspecified atom stereocenters. The van der Waals surface area contributed by atoms with Gasteiger partial charge in [-0.2, -0.15) is 0 Å². The maximum Gasteiger partial charge on any atom is 0.337 e. The lowest BCUT2D eigenvalue weighted by Crippen LogP contribution is -2.29. The molecule has 19 heavy (non-hydrogen) atoms. The minimum Gasteiger partial charge on any atom is -0.465 e. The van der Waals surface area contributed by atoms with Crippen LogP contribution in [0, 0.1) is 0 Å². The van der Waals surface area contributed by atoms with Crippen LogP contribution in [-0.4, -0.2) is 25.7 Å². The monoisotopic (exact) mass is 264 g/mol. The summed E-state index contributed by atoms with van der Waals surface area (Å²) in [6.07, 6.45) is 3.21. The van der Waals surface area contributed by atoms with Gasteiger partial charge in [0.1, 0.15) is 0 Å². The SMILES string of the molecule is CCCCCNC(=O)Nc1ccc(C(=O)OC)cc1. The fourth-order valence-electron chi connectivity index (χ4n) is 1.56. The molecule has 0 spiro atoms. The van der Waals surface area contributed by atoms with E-state index in [1.165, 1.54) is 7.11 Å². The van der Waals surface area contributed by atoms with E-state index in [2.05, 4.69) is 22.3 Å². The molecule has 0 fully saturated rings. The van der Waals surface area contributed by atoms with Gasteiger partial charge in [-0.05, 0) is 30.7 Å². The van der Waals surface area contributed by atoms with Crippen molar-refractivity contribution >= 4 is 17.7 Å². The Hall–Kier alpha value is -2.04. The normalized spacial score (nSPS) is 9.79. The minimum atomic E-state index is -0.393. The number of carbonyl (C=O) groups is 2. The second-order valence-corrected chi connectivity index (χ2v) is 4.16. The second-order valence-electron chi connectivity index (χ2n) is 4.16. The van der Waals surface area contributed by atoms with Gasteiger partial charge in [0, 0.05) is 12.2 Å². The van der Waals surface area contributed by atoms with Crippen LogP contribution in [0.15, 0.2) is 24.3 Å². The Morgan fingerprint density at radius 2 is 1.84 bits per heavy atom. The van der Waals surface area contributed by atoms with Crippen LogP contribution in [0.4, 0.5) is 10.5 Å². The number of hydrogen-bond donors (Lipinski definition) is 2. The van der Waals surface area contributed by atoms with Crippen molar-refractivity contribution in [1.29, 1.82) is 0 Å².